The third-order valence-electron chi connectivity index (χ3n) is 6.60. The van der Waals surface area contributed by atoms with E-state index >= 15 is 0 Å². The third kappa shape index (κ3) is 4.64. The molecule has 1 aromatic heterocycles. The molecule has 2 amide bonds. The minimum atomic E-state index is -0.0367. The number of aromatic nitrogens is 1. The van der Waals surface area contributed by atoms with E-state index in [4.69, 9.17) is 0 Å². The lowest BCUT2D eigenvalue weighted by Crippen LogP contribution is -2.43. The first-order valence-electron chi connectivity index (χ1n) is 11.3. The van der Waals surface area contributed by atoms with Crippen LogP contribution in [-0.4, -0.2) is 55.4 Å². The maximum atomic E-state index is 13.0. The van der Waals surface area contributed by atoms with Gasteiger partial charge in [0.15, 0.2) is 0 Å². The molecule has 1 saturated heterocycles. The molecule has 1 fully saturated rings. The summed E-state index contributed by atoms with van der Waals surface area (Å²) >= 11 is 0. The van der Waals surface area contributed by atoms with Crippen molar-refractivity contribution in [3.8, 4) is 0 Å². The van der Waals surface area contributed by atoms with Gasteiger partial charge in [-0.2, -0.15) is 0 Å². The zero-order chi connectivity index (χ0) is 22.7. The molecule has 0 radical (unpaired) electrons. The highest BCUT2D eigenvalue weighted by Crippen LogP contribution is 2.31. The van der Waals surface area contributed by atoms with Crippen molar-refractivity contribution in [1.82, 2.24) is 15.2 Å². The first-order valence-corrected chi connectivity index (χ1v) is 11.3. The van der Waals surface area contributed by atoms with Crippen LogP contribution in [0.15, 0.2) is 54.7 Å². The molecule has 3 aromatic rings. The van der Waals surface area contributed by atoms with Crippen molar-refractivity contribution in [2.24, 2.45) is 5.92 Å². The van der Waals surface area contributed by atoms with Gasteiger partial charge in [-0.15, -0.1) is 0 Å². The number of fused-ring (bicyclic) bond motifs is 1. The fourth-order valence-corrected chi connectivity index (χ4v) is 4.60. The van der Waals surface area contributed by atoms with Crippen molar-refractivity contribution < 1.29 is 9.59 Å². The van der Waals surface area contributed by atoms with Crippen LogP contribution in [-0.2, 0) is 9.59 Å². The SMILES string of the molecule is CC(=O)N1CCC(C(=O)NC[C@H](c2ccc(N(C)C)cc2)c2c[nH]c3ccccc23)CC1. The van der Waals surface area contributed by atoms with Gasteiger partial charge in [0.1, 0.15) is 0 Å². The molecule has 1 aliphatic rings. The van der Waals surface area contributed by atoms with Crippen molar-refractivity contribution in [3.63, 3.8) is 0 Å². The molecule has 6 heteroatoms. The van der Waals surface area contributed by atoms with Crippen molar-refractivity contribution in [1.29, 1.82) is 0 Å². The topological polar surface area (TPSA) is 68.4 Å². The summed E-state index contributed by atoms with van der Waals surface area (Å²) in [5.74, 6) is 0.182. The van der Waals surface area contributed by atoms with Gasteiger partial charge in [-0.25, -0.2) is 0 Å². The molecule has 6 nitrogen and oxygen atoms in total. The van der Waals surface area contributed by atoms with Gasteiger partial charge >= 0.3 is 0 Å². The Kier molecular flexibility index (Phi) is 6.49. The van der Waals surface area contributed by atoms with Crippen molar-refractivity contribution >= 4 is 28.4 Å². The average Bonchev–Trinajstić information content (AvgIpc) is 3.23. The largest absolute Gasteiger partial charge is 0.378 e. The number of hydrogen-bond donors (Lipinski definition) is 2. The predicted molar refractivity (Wildman–Crippen MR) is 129 cm³/mol. The molecule has 2 aromatic carbocycles. The van der Waals surface area contributed by atoms with Crippen LogP contribution >= 0.6 is 0 Å². The van der Waals surface area contributed by atoms with Crippen LogP contribution in [0.3, 0.4) is 0 Å². The number of rotatable bonds is 6. The molecular weight excluding hydrogens is 400 g/mol. The van der Waals surface area contributed by atoms with E-state index in [1.807, 2.05) is 31.1 Å². The van der Waals surface area contributed by atoms with Crippen LogP contribution in [0, 0.1) is 5.92 Å². The van der Waals surface area contributed by atoms with Gasteiger partial charge in [-0.3, -0.25) is 9.59 Å². The number of carbonyl (C=O) groups excluding carboxylic acids is 2. The highest BCUT2D eigenvalue weighted by molar-refractivity contribution is 5.84. The monoisotopic (exact) mass is 432 g/mol. The standard InChI is InChI=1S/C26H32N4O2/c1-18(31)30-14-12-20(13-15-30)26(32)28-16-23(19-8-10-21(11-9-19)29(2)3)24-17-27-25-7-5-4-6-22(24)25/h4-11,17,20,23,27H,12-16H2,1-3H3,(H,28,32)/t23-/m1/s1. The van der Waals surface area contributed by atoms with E-state index in [0.29, 0.717) is 19.6 Å². The Balaban J connectivity index is 1.53. The lowest BCUT2D eigenvalue weighted by Gasteiger charge is -2.31. The molecule has 2 heterocycles. The summed E-state index contributed by atoms with van der Waals surface area (Å²) in [6, 6.07) is 16.8. The number of nitrogens with one attached hydrogen (secondary N) is 2. The van der Waals surface area contributed by atoms with Crippen molar-refractivity contribution in [3.05, 3.63) is 65.9 Å². The quantitative estimate of drug-likeness (QED) is 0.624. The summed E-state index contributed by atoms with van der Waals surface area (Å²) in [6.07, 6.45) is 3.51. The highest BCUT2D eigenvalue weighted by atomic mass is 16.2. The number of hydrogen-bond acceptors (Lipinski definition) is 3. The van der Waals surface area contributed by atoms with E-state index in [-0.39, 0.29) is 23.7 Å². The third-order valence-corrected chi connectivity index (χ3v) is 6.60. The molecule has 0 spiro atoms. The summed E-state index contributed by atoms with van der Waals surface area (Å²) in [7, 11) is 4.06. The van der Waals surface area contributed by atoms with Gasteiger partial charge in [0.25, 0.3) is 0 Å². The van der Waals surface area contributed by atoms with Gasteiger partial charge in [-0.1, -0.05) is 30.3 Å². The van der Waals surface area contributed by atoms with Gasteiger partial charge in [0, 0.05) is 75.3 Å². The smallest absolute Gasteiger partial charge is 0.223 e. The Bertz CT molecular complexity index is 1080. The Labute approximate surface area is 189 Å². The fraction of sp³-hybridized carbons (Fsp3) is 0.385. The molecular formula is C26H32N4O2. The lowest BCUT2D eigenvalue weighted by atomic mass is 9.90. The molecule has 1 atom stereocenters. The van der Waals surface area contributed by atoms with E-state index in [1.54, 1.807) is 6.92 Å². The number of nitrogens with zero attached hydrogens (tertiary/aromatic N) is 2. The van der Waals surface area contributed by atoms with Gasteiger partial charge < -0.3 is 20.1 Å². The number of H-pyrrole nitrogens is 1. The maximum Gasteiger partial charge on any atom is 0.223 e. The average molecular weight is 433 g/mol. The molecule has 0 bridgehead atoms. The second-order valence-electron chi connectivity index (χ2n) is 8.85. The van der Waals surface area contributed by atoms with Crippen LogP contribution < -0.4 is 10.2 Å². The highest BCUT2D eigenvalue weighted by Gasteiger charge is 2.27. The van der Waals surface area contributed by atoms with E-state index in [9.17, 15) is 9.59 Å². The molecule has 0 aliphatic carbocycles. The molecule has 168 valence electrons. The molecule has 0 saturated carbocycles. The molecule has 32 heavy (non-hydrogen) atoms. The van der Waals surface area contributed by atoms with Gasteiger partial charge in [-0.05, 0) is 42.2 Å². The fourth-order valence-electron chi connectivity index (χ4n) is 4.60. The van der Waals surface area contributed by atoms with E-state index in [1.165, 1.54) is 16.5 Å². The Morgan fingerprint density at radius 2 is 1.78 bits per heavy atom. The van der Waals surface area contributed by atoms with Crippen LogP contribution in [0.5, 0.6) is 0 Å². The molecule has 4 rings (SSSR count). The first-order chi connectivity index (χ1) is 15.4. The number of amides is 2. The molecule has 0 unspecified atom stereocenters. The number of anilines is 1. The first kappa shape index (κ1) is 21.9. The minimum Gasteiger partial charge on any atom is -0.378 e. The number of para-hydroxylation sites is 1. The minimum absolute atomic E-state index is 0.0367. The summed E-state index contributed by atoms with van der Waals surface area (Å²) in [5, 5.41) is 4.40. The van der Waals surface area contributed by atoms with Crippen molar-refractivity contribution in [2.45, 2.75) is 25.7 Å². The van der Waals surface area contributed by atoms with E-state index < -0.39 is 0 Å². The number of benzene rings is 2. The second kappa shape index (κ2) is 9.47. The normalized spacial score (nSPS) is 15.5. The number of carbonyl (C=O) groups is 2. The second-order valence-corrected chi connectivity index (χ2v) is 8.85. The van der Waals surface area contributed by atoms with Gasteiger partial charge in [0.2, 0.25) is 11.8 Å². The number of likely N-dealkylation sites (tertiary alicyclic amines) is 1. The Morgan fingerprint density at radius 3 is 2.44 bits per heavy atom. The molecule has 2 N–H and O–H groups in total. The van der Waals surface area contributed by atoms with Crippen LogP contribution in [0.4, 0.5) is 5.69 Å². The summed E-state index contributed by atoms with van der Waals surface area (Å²) < 4.78 is 0. The zero-order valence-electron chi connectivity index (χ0n) is 19.1. The van der Waals surface area contributed by atoms with E-state index in [0.717, 1.165) is 24.0 Å². The Morgan fingerprint density at radius 1 is 1.09 bits per heavy atom. The zero-order valence-corrected chi connectivity index (χ0v) is 19.1. The summed E-state index contributed by atoms with van der Waals surface area (Å²) in [6.45, 7) is 3.44. The van der Waals surface area contributed by atoms with Crippen LogP contribution in [0.25, 0.3) is 10.9 Å². The number of piperidine rings is 1. The van der Waals surface area contributed by atoms with Crippen LogP contribution in [0.2, 0.25) is 0 Å². The Hall–Kier alpha value is -3.28. The van der Waals surface area contributed by atoms with Gasteiger partial charge in [0.05, 0.1) is 0 Å². The summed E-state index contributed by atoms with van der Waals surface area (Å²) in [5.41, 5.74) is 4.60. The lowest BCUT2D eigenvalue weighted by molar-refractivity contribution is -0.133. The molecule has 1 aliphatic heterocycles. The predicted octanol–water partition coefficient (Wildman–Crippen LogP) is 3.74. The van der Waals surface area contributed by atoms with Crippen LogP contribution in [0.1, 0.15) is 36.8 Å². The number of aromatic amines is 1. The summed E-state index contributed by atoms with van der Waals surface area (Å²) in [4.78, 5) is 31.8. The maximum absolute atomic E-state index is 13.0. The van der Waals surface area contributed by atoms with E-state index in [2.05, 4.69) is 57.8 Å². The van der Waals surface area contributed by atoms with Crippen molar-refractivity contribution in [2.75, 3.05) is 38.6 Å².